The molecule has 0 saturated heterocycles. The Labute approximate surface area is 112 Å². The van der Waals surface area contributed by atoms with Crippen molar-refractivity contribution in [2.75, 3.05) is 6.61 Å². The number of hydrogen-bond donors (Lipinski definition) is 1. The number of aliphatic hydroxyl groups excluding tert-OH is 1. The maximum atomic E-state index is 11.9. The van der Waals surface area contributed by atoms with Gasteiger partial charge in [-0.15, -0.1) is 0 Å². The lowest BCUT2D eigenvalue weighted by molar-refractivity contribution is -0.112. The Morgan fingerprint density at radius 2 is 1.63 bits per heavy atom. The van der Waals surface area contributed by atoms with E-state index in [0.29, 0.717) is 12.0 Å². The van der Waals surface area contributed by atoms with Gasteiger partial charge in [0, 0.05) is 11.5 Å². The van der Waals surface area contributed by atoms with E-state index in [2.05, 4.69) is 0 Å². The third kappa shape index (κ3) is 2.88. The largest absolute Gasteiger partial charge is 0.396 e. The van der Waals surface area contributed by atoms with Gasteiger partial charge in [-0.3, -0.25) is 9.59 Å². The topological polar surface area (TPSA) is 54.4 Å². The van der Waals surface area contributed by atoms with Gasteiger partial charge in [0.25, 0.3) is 0 Å². The minimum Gasteiger partial charge on any atom is -0.396 e. The summed E-state index contributed by atoms with van der Waals surface area (Å²) in [4.78, 5) is 22.9. The second kappa shape index (κ2) is 5.76. The molecule has 0 aromatic rings. The molecule has 3 nitrogen and oxygen atoms in total. The molecule has 0 amide bonds. The van der Waals surface area contributed by atoms with Crippen molar-refractivity contribution in [2.45, 2.75) is 13.3 Å². The normalized spacial score (nSPS) is 20.0. The summed E-state index contributed by atoms with van der Waals surface area (Å²) in [6.07, 6.45) is 12.3. The lowest BCUT2D eigenvalue weighted by atomic mass is 9.87. The van der Waals surface area contributed by atoms with Crippen molar-refractivity contribution in [3.05, 3.63) is 59.3 Å². The SMILES string of the molecule is CCC(CO)C1=CC(=C2C=CC(=O)C=C2)C=CC1=O. The molecule has 2 aliphatic carbocycles. The van der Waals surface area contributed by atoms with Crippen LogP contribution in [0.4, 0.5) is 0 Å². The van der Waals surface area contributed by atoms with Crippen molar-refractivity contribution in [3.63, 3.8) is 0 Å². The van der Waals surface area contributed by atoms with E-state index < -0.39 is 0 Å². The summed E-state index contributed by atoms with van der Waals surface area (Å²) in [6.45, 7) is 1.91. The molecular formula is C16H16O3. The summed E-state index contributed by atoms with van der Waals surface area (Å²) in [5.74, 6) is -0.220. The highest BCUT2D eigenvalue weighted by molar-refractivity contribution is 6.07. The van der Waals surface area contributed by atoms with Crippen LogP contribution in [0.5, 0.6) is 0 Å². The Kier molecular flexibility index (Phi) is 4.07. The molecule has 2 aliphatic rings. The fourth-order valence-electron chi connectivity index (χ4n) is 2.14. The Morgan fingerprint density at radius 1 is 1.00 bits per heavy atom. The maximum Gasteiger partial charge on any atom is 0.182 e. The van der Waals surface area contributed by atoms with Crippen LogP contribution in [0, 0.1) is 5.92 Å². The molecule has 1 N–H and O–H groups in total. The van der Waals surface area contributed by atoms with Gasteiger partial charge in [-0.25, -0.2) is 0 Å². The summed E-state index contributed by atoms with van der Waals surface area (Å²) in [6, 6.07) is 0. The van der Waals surface area contributed by atoms with Crippen molar-refractivity contribution in [3.8, 4) is 0 Å². The zero-order valence-corrected chi connectivity index (χ0v) is 10.8. The van der Waals surface area contributed by atoms with Crippen LogP contribution in [0.15, 0.2) is 59.3 Å². The number of rotatable bonds is 3. The Balaban J connectivity index is 2.39. The predicted molar refractivity (Wildman–Crippen MR) is 73.4 cm³/mol. The van der Waals surface area contributed by atoms with Crippen molar-refractivity contribution >= 4 is 11.6 Å². The van der Waals surface area contributed by atoms with E-state index in [9.17, 15) is 14.7 Å². The van der Waals surface area contributed by atoms with Crippen molar-refractivity contribution in [1.29, 1.82) is 0 Å². The van der Waals surface area contributed by atoms with Gasteiger partial charge in [0.2, 0.25) is 0 Å². The molecule has 0 aromatic heterocycles. The average Bonchev–Trinajstić information content (AvgIpc) is 2.43. The summed E-state index contributed by atoms with van der Waals surface area (Å²) < 4.78 is 0. The Bertz CT molecular complexity index is 535. The van der Waals surface area contributed by atoms with Gasteiger partial charge >= 0.3 is 0 Å². The van der Waals surface area contributed by atoms with Crippen molar-refractivity contribution in [2.24, 2.45) is 5.92 Å². The standard InChI is InChI=1S/C16H16O3/c1-2-11(10-17)15-9-13(5-8-16(15)19)12-3-6-14(18)7-4-12/h3-9,11,17H,2,10H2,1H3. The highest BCUT2D eigenvalue weighted by Gasteiger charge is 2.20. The molecule has 1 atom stereocenters. The zero-order chi connectivity index (χ0) is 13.8. The van der Waals surface area contributed by atoms with Crippen LogP contribution < -0.4 is 0 Å². The van der Waals surface area contributed by atoms with Gasteiger partial charge in [-0.1, -0.05) is 25.2 Å². The Morgan fingerprint density at radius 3 is 2.21 bits per heavy atom. The minimum atomic E-state index is -0.133. The van der Waals surface area contributed by atoms with Gasteiger partial charge in [-0.2, -0.15) is 0 Å². The van der Waals surface area contributed by atoms with Crippen molar-refractivity contribution in [1.82, 2.24) is 0 Å². The summed E-state index contributed by atoms with van der Waals surface area (Å²) >= 11 is 0. The van der Waals surface area contributed by atoms with Gasteiger partial charge in [0.1, 0.15) is 0 Å². The van der Waals surface area contributed by atoms with Crippen LogP contribution in [0.1, 0.15) is 13.3 Å². The van der Waals surface area contributed by atoms with Crippen LogP contribution in [-0.4, -0.2) is 23.3 Å². The minimum absolute atomic E-state index is 0.0330. The van der Waals surface area contributed by atoms with Gasteiger partial charge in [0.15, 0.2) is 11.6 Å². The molecule has 98 valence electrons. The maximum absolute atomic E-state index is 11.9. The van der Waals surface area contributed by atoms with E-state index in [1.165, 1.54) is 18.2 Å². The Hall–Kier alpha value is -2.00. The molecule has 0 bridgehead atoms. The van der Waals surface area contributed by atoms with E-state index in [-0.39, 0.29) is 24.1 Å². The highest BCUT2D eigenvalue weighted by atomic mass is 16.3. The van der Waals surface area contributed by atoms with Crippen LogP contribution in [0.25, 0.3) is 0 Å². The van der Waals surface area contributed by atoms with Crippen molar-refractivity contribution < 1.29 is 14.7 Å². The average molecular weight is 256 g/mol. The highest BCUT2D eigenvalue weighted by Crippen LogP contribution is 2.25. The first-order valence-electron chi connectivity index (χ1n) is 6.35. The first kappa shape index (κ1) is 13.4. The molecule has 0 saturated carbocycles. The van der Waals surface area contributed by atoms with Crippen LogP contribution in [-0.2, 0) is 9.59 Å². The smallest absolute Gasteiger partial charge is 0.182 e. The number of ketones is 2. The molecule has 1 unspecified atom stereocenters. The molecule has 0 aromatic carbocycles. The summed E-state index contributed by atoms with van der Waals surface area (Å²) in [5.41, 5.74) is 2.42. The molecule has 3 heteroatoms. The molecular weight excluding hydrogens is 240 g/mol. The first-order chi connectivity index (χ1) is 9.15. The number of allylic oxidation sites excluding steroid dienone is 9. The number of carbonyl (C=O) groups is 2. The van der Waals surface area contributed by atoms with Crippen LogP contribution >= 0.6 is 0 Å². The van der Waals surface area contributed by atoms with E-state index in [1.807, 2.05) is 13.0 Å². The molecule has 0 fully saturated rings. The molecule has 0 aliphatic heterocycles. The van der Waals surface area contributed by atoms with Crippen LogP contribution in [0.2, 0.25) is 0 Å². The molecule has 19 heavy (non-hydrogen) atoms. The van der Waals surface area contributed by atoms with E-state index in [1.54, 1.807) is 18.2 Å². The molecule has 0 spiro atoms. The second-order valence-electron chi connectivity index (χ2n) is 4.56. The molecule has 0 heterocycles. The monoisotopic (exact) mass is 256 g/mol. The van der Waals surface area contributed by atoms with Gasteiger partial charge < -0.3 is 5.11 Å². The quantitative estimate of drug-likeness (QED) is 0.841. The summed E-state index contributed by atoms with van der Waals surface area (Å²) in [7, 11) is 0. The third-order valence-corrected chi connectivity index (χ3v) is 3.35. The lowest BCUT2D eigenvalue weighted by Gasteiger charge is -2.18. The van der Waals surface area contributed by atoms with E-state index in [0.717, 1.165) is 11.1 Å². The number of carbonyl (C=O) groups excluding carboxylic acids is 2. The van der Waals surface area contributed by atoms with Gasteiger partial charge in [-0.05, 0) is 41.9 Å². The summed E-state index contributed by atoms with van der Waals surface area (Å²) in [5, 5.41) is 9.32. The first-order valence-corrected chi connectivity index (χ1v) is 6.35. The zero-order valence-electron chi connectivity index (χ0n) is 10.8. The predicted octanol–water partition coefficient (Wildman–Crippen LogP) is 2.06. The lowest BCUT2D eigenvalue weighted by Crippen LogP contribution is -2.17. The second-order valence-corrected chi connectivity index (χ2v) is 4.56. The number of aliphatic hydroxyl groups is 1. The fraction of sp³-hybridized carbons (Fsp3) is 0.250. The fourth-order valence-corrected chi connectivity index (χ4v) is 2.14. The molecule has 2 rings (SSSR count). The number of hydrogen-bond acceptors (Lipinski definition) is 3. The van der Waals surface area contributed by atoms with E-state index >= 15 is 0 Å². The van der Waals surface area contributed by atoms with Crippen LogP contribution in [0.3, 0.4) is 0 Å². The van der Waals surface area contributed by atoms with Gasteiger partial charge in [0.05, 0.1) is 6.61 Å². The van der Waals surface area contributed by atoms with E-state index in [4.69, 9.17) is 0 Å². The third-order valence-electron chi connectivity index (χ3n) is 3.35. The molecule has 0 radical (unpaired) electrons.